The molecule has 2 rings (SSSR count). The highest BCUT2D eigenvalue weighted by atomic mass is 16.2. The first-order chi connectivity index (χ1) is 33.0. The van der Waals surface area contributed by atoms with Crippen molar-refractivity contribution in [3.63, 3.8) is 0 Å². The molecule has 0 fully saturated rings. The Morgan fingerprint density at radius 1 is 0.514 bits per heavy atom. The topological polar surface area (TPSA) is 464 Å². The van der Waals surface area contributed by atoms with Crippen molar-refractivity contribution in [2.24, 2.45) is 71.6 Å². The summed E-state index contributed by atoms with van der Waals surface area (Å²) in [6, 6.07) is -5.26. The van der Waals surface area contributed by atoms with Crippen LogP contribution in [-0.2, 0) is 28.8 Å². The molecule has 0 spiro atoms. The Hall–Kier alpha value is -7.41. The van der Waals surface area contributed by atoms with Gasteiger partial charge in [-0.05, 0) is 121 Å². The molecule has 5 unspecified atom stereocenters. The van der Waals surface area contributed by atoms with Gasteiger partial charge in [0.2, 0.25) is 35.4 Å². The van der Waals surface area contributed by atoms with Crippen LogP contribution in [0.15, 0.2) is 26.3 Å². The normalized spacial score (nSPS) is 13.0. The lowest BCUT2D eigenvalue weighted by Gasteiger charge is -2.26. The van der Waals surface area contributed by atoms with Gasteiger partial charge in [0.05, 0.1) is 17.4 Å². The number of nitrogens with two attached hydrogens (primary N) is 9. The molecule has 0 radical (unpaired) electrons. The molecule has 1 aromatic carbocycles. The van der Waals surface area contributed by atoms with Crippen molar-refractivity contribution in [3.05, 3.63) is 28.6 Å². The number of primary amides is 1. The molecule has 0 aliphatic heterocycles. The van der Waals surface area contributed by atoms with Gasteiger partial charge in [0.25, 0.3) is 0 Å². The van der Waals surface area contributed by atoms with Gasteiger partial charge in [-0.3, -0.25) is 48.7 Å². The van der Waals surface area contributed by atoms with E-state index in [1.807, 2.05) is 25.3 Å². The van der Waals surface area contributed by atoms with Crippen molar-refractivity contribution in [1.82, 2.24) is 36.1 Å². The third-order valence-electron chi connectivity index (χ3n) is 11.7. The second-order valence-electron chi connectivity index (χ2n) is 17.1. The molecule has 5 atom stereocenters. The maximum atomic E-state index is 14.1. The number of nitrogens with one attached hydrogen (secondary N) is 5. The molecule has 0 aliphatic rings. The standard InChI is InChI=1S/C44H78N20O6/c1-24-25(2)27(4)35-34(26(24)3)59-23-64(35)28(5)37(67)54-18-8-6-7-17-33(65)60-30(14-10-20-56-42(48)49)38(68)62-32(16-12-22-58-44(52)53)40(70)63-31(15-11-21-57-43(50)51)39(69)61-29(36(45)66)13-9-19-55-41(46)47/h23,28-32H,6-22H2,1-5H3,(H2,45,66)(H,54,67)(H,60,65)(H,61,69)(H,62,68)(H,63,70)(H4,46,47,55)(H4,48,49,56)(H4,50,51,57)(H4,52,53,58). The van der Waals surface area contributed by atoms with E-state index < -0.39 is 59.7 Å². The predicted molar refractivity (Wildman–Crippen MR) is 271 cm³/mol. The highest BCUT2D eigenvalue weighted by Crippen LogP contribution is 2.30. The van der Waals surface area contributed by atoms with Crippen LogP contribution >= 0.6 is 0 Å². The van der Waals surface area contributed by atoms with Gasteiger partial charge in [0.1, 0.15) is 30.2 Å². The van der Waals surface area contributed by atoms with Crippen molar-refractivity contribution >= 4 is 70.3 Å². The molecule has 0 saturated heterocycles. The predicted octanol–water partition coefficient (Wildman–Crippen LogP) is -2.85. The summed E-state index contributed by atoms with van der Waals surface area (Å²) in [6.07, 6.45) is 4.67. The number of hydrogen-bond donors (Lipinski definition) is 14. The van der Waals surface area contributed by atoms with E-state index >= 15 is 0 Å². The quantitative estimate of drug-likeness (QED) is 0.0199. The lowest BCUT2D eigenvalue weighted by molar-refractivity contribution is -0.134. The van der Waals surface area contributed by atoms with Crippen LogP contribution in [0, 0.1) is 27.7 Å². The van der Waals surface area contributed by atoms with Gasteiger partial charge in [0, 0.05) is 39.1 Å². The van der Waals surface area contributed by atoms with Crippen LogP contribution in [0.2, 0.25) is 0 Å². The number of aryl methyl sites for hydroxylation is 2. The summed E-state index contributed by atoms with van der Waals surface area (Å²) in [6.45, 7) is 11.0. The fraction of sp³-hybridized carbons (Fsp3) is 0.614. The smallest absolute Gasteiger partial charge is 0.243 e. The number of carbonyl (C=O) groups is 6. The fourth-order valence-corrected chi connectivity index (χ4v) is 7.48. The summed E-state index contributed by atoms with van der Waals surface area (Å²) in [5.74, 6) is -4.24. The van der Waals surface area contributed by atoms with Crippen LogP contribution in [0.3, 0.4) is 0 Å². The molecule has 2 aromatic rings. The highest BCUT2D eigenvalue weighted by Gasteiger charge is 2.31. The molecular weight excluding hydrogens is 905 g/mol. The Morgan fingerprint density at radius 2 is 0.914 bits per heavy atom. The van der Waals surface area contributed by atoms with Crippen molar-refractivity contribution < 1.29 is 28.8 Å². The molecule has 0 bridgehead atoms. The van der Waals surface area contributed by atoms with Gasteiger partial charge in [-0.25, -0.2) is 4.98 Å². The van der Waals surface area contributed by atoms with Crippen LogP contribution in [0.1, 0.15) is 112 Å². The summed E-state index contributed by atoms with van der Waals surface area (Å²) in [7, 11) is 0. The van der Waals surface area contributed by atoms with E-state index in [-0.39, 0.29) is 107 Å². The Kier molecular flexibility index (Phi) is 25.3. The van der Waals surface area contributed by atoms with Gasteiger partial charge >= 0.3 is 0 Å². The monoisotopic (exact) mass is 983 g/mol. The average Bonchev–Trinajstić information content (AvgIpc) is 3.74. The Morgan fingerprint density at radius 3 is 1.34 bits per heavy atom. The molecule has 6 amide bonds. The van der Waals surface area contributed by atoms with Gasteiger partial charge < -0.3 is 82.8 Å². The molecule has 23 N–H and O–H groups in total. The van der Waals surface area contributed by atoms with E-state index in [0.29, 0.717) is 32.2 Å². The van der Waals surface area contributed by atoms with Crippen molar-refractivity contribution in [2.45, 2.75) is 142 Å². The number of rotatable bonds is 32. The van der Waals surface area contributed by atoms with Crippen LogP contribution in [0.25, 0.3) is 11.0 Å². The van der Waals surface area contributed by atoms with Gasteiger partial charge in [-0.1, -0.05) is 6.42 Å². The number of amides is 6. The van der Waals surface area contributed by atoms with E-state index in [9.17, 15) is 28.8 Å². The Bertz CT molecular complexity index is 2210. The number of unbranched alkanes of at least 4 members (excludes halogenated alkanes) is 2. The first-order valence-electron chi connectivity index (χ1n) is 23.5. The summed E-state index contributed by atoms with van der Waals surface area (Å²) >= 11 is 0. The zero-order chi connectivity index (χ0) is 52.5. The summed E-state index contributed by atoms with van der Waals surface area (Å²) < 4.78 is 1.90. The van der Waals surface area contributed by atoms with Gasteiger partial charge in [-0.15, -0.1) is 0 Å². The van der Waals surface area contributed by atoms with Crippen molar-refractivity contribution in [1.29, 1.82) is 0 Å². The van der Waals surface area contributed by atoms with Gasteiger partial charge in [-0.2, -0.15) is 0 Å². The van der Waals surface area contributed by atoms with E-state index in [4.69, 9.17) is 51.6 Å². The molecule has 1 heterocycles. The maximum absolute atomic E-state index is 14.1. The molecule has 0 aliphatic carbocycles. The minimum absolute atomic E-state index is 0.00692. The second kappa shape index (κ2) is 30.2. The van der Waals surface area contributed by atoms with Crippen molar-refractivity contribution in [3.8, 4) is 0 Å². The maximum Gasteiger partial charge on any atom is 0.243 e. The number of guanidine groups is 4. The number of benzene rings is 1. The number of nitrogens with zero attached hydrogens (tertiary/aromatic N) is 6. The Labute approximate surface area is 409 Å². The van der Waals surface area contributed by atoms with E-state index in [1.165, 1.54) is 5.56 Å². The fourth-order valence-electron chi connectivity index (χ4n) is 7.48. The van der Waals surface area contributed by atoms with E-state index in [1.54, 1.807) is 6.33 Å². The zero-order valence-electron chi connectivity index (χ0n) is 41.3. The largest absolute Gasteiger partial charge is 0.370 e. The molecule has 26 nitrogen and oxygen atoms in total. The SMILES string of the molecule is Cc1c(C)c(C)c2c(ncn2C(C)C(=O)NCCCCCC(=O)NC(CCCN=C(N)N)C(=O)NC(CCCN=C(N)N)C(=O)NC(CCCN=C(N)N)C(=O)NC(CCCN=C(N)N)C(N)=O)c1C. The minimum atomic E-state index is -1.26. The minimum Gasteiger partial charge on any atom is -0.370 e. The molecule has 390 valence electrons. The molecule has 26 heteroatoms. The first-order valence-corrected chi connectivity index (χ1v) is 23.5. The van der Waals surface area contributed by atoms with Crippen LogP contribution in [0.5, 0.6) is 0 Å². The molecular formula is C44H78N20O6. The lowest BCUT2D eigenvalue weighted by Crippen LogP contribution is -2.58. The lowest BCUT2D eigenvalue weighted by atomic mass is 9.97. The van der Waals surface area contributed by atoms with Crippen molar-refractivity contribution in [2.75, 3.05) is 32.7 Å². The summed E-state index contributed by atoms with van der Waals surface area (Å²) in [4.78, 5) is 101. The Balaban J connectivity index is 2.18. The summed E-state index contributed by atoms with van der Waals surface area (Å²) in [5, 5.41) is 13.7. The molecule has 0 saturated carbocycles. The van der Waals surface area contributed by atoms with E-state index in [0.717, 1.165) is 27.7 Å². The third-order valence-corrected chi connectivity index (χ3v) is 11.7. The number of carbonyl (C=O) groups excluding carboxylic acids is 6. The zero-order valence-corrected chi connectivity index (χ0v) is 41.3. The highest BCUT2D eigenvalue weighted by molar-refractivity contribution is 5.95. The summed E-state index contributed by atoms with van der Waals surface area (Å²) in [5.41, 5.74) is 55.6. The van der Waals surface area contributed by atoms with Crippen LogP contribution in [-0.4, -0.2) is 126 Å². The second-order valence-corrected chi connectivity index (χ2v) is 17.1. The molecule has 1 aromatic heterocycles. The number of hydrogen-bond acceptors (Lipinski definition) is 11. The number of aromatic nitrogens is 2. The number of fused-ring (bicyclic) bond motifs is 1. The van der Waals surface area contributed by atoms with E-state index in [2.05, 4.69) is 65.4 Å². The number of aliphatic imine (C=N–C) groups is 4. The van der Waals surface area contributed by atoms with Crippen LogP contribution in [0.4, 0.5) is 0 Å². The first kappa shape index (κ1) is 58.7. The number of imidazole rings is 1. The average molecular weight is 983 g/mol. The van der Waals surface area contributed by atoms with Crippen LogP contribution < -0.4 is 78.2 Å². The molecule has 70 heavy (non-hydrogen) atoms. The third kappa shape index (κ3) is 20.4. The van der Waals surface area contributed by atoms with Gasteiger partial charge in [0.15, 0.2) is 23.8 Å².